The number of nitrogens with one attached hydrogen (secondary N) is 1. The number of aliphatic hydroxyl groups excluding tert-OH is 1. The molecule has 0 saturated carbocycles. The molecule has 1 rings (SSSR count). The van der Waals surface area contributed by atoms with Crippen molar-refractivity contribution < 1.29 is 10.0 Å². The molecule has 0 spiro atoms. The summed E-state index contributed by atoms with van der Waals surface area (Å²) in [6.45, 7) is 3.74. The molecule has 94 valence electrons. The van der Waals surface area contributed by atoms with Gasteiger partial charge in [-0.05, 0) is 25.0 Å². The first-order chi connectivity index (χ1) is 7.95. The van der Waals surface area contributed by atoms with Crippen molar-refractivity contribution in [2.45, 2.75) is 19.9 Å². The number of aliphatic hydroxyl groups is 1. The maximum atomic E-state index is 10.9. The summed E-state index contributed by atoms with van der Waals surface area (Å²) < 4.78 is 0. The van der Waals surface area contributed by atoms with E-state index in [1.165, 1.54) is 6.07 Å². The molecule has 6 heteroatoms. The standard InChI is InChI=1S/C11H15ClN2O3/c1-7(6-15)8(2)13-10-4-3-9(12)5-11(10)14(16)17/h3-5,7-8,13,15H,6H2,1-2H3. The summed E-state index contributed by atoms with van der Waals surface area (Å²) in [5, 5.41) is 23.2. The van der Waals surface area contributed by atoms with Crippen molar-refractivity contribution in [1.29, 1.82) is 0 Å². The van der Waals surface area contributed by atoms with Gasteiger partial charge in [0.1, 0.15) is 5.69 Å². The lowest BCUT2D eigenvalue weighted by molar-refractivity contribution is -0.384. The zero-order valence-corrected chi connectivity index (χ0v) is 10.4. The lowest BCUT2D eigenvalue weighted by Crippen LogP contribution is -2.26. The largest absolute Gasteiger partial charge is 0.396 e. The van der Waals surface area contributed by atoms with Gasteiger partial charge in [0.15, 0.2) is 0 Å². The van der Waals surface area contributed by atoms with Crippen LogP contribution in [-0.2, 0) is 0 Å². The zero-order chi connectivity index (χ0) is 13.0. The first-order valence-electron chi connectivity index (χ1n) is 5.27. The van der Waals surface area contributed by atoms with Gasteiger partial charge in [-0.15, -0.1) is 0 Å². The Balaban J connectivity index is 2.94. The highest BCUT2D eigenvalue weighted by Gasteiger charge is 2.18. The van der Waals surface area contributed by atoms with Crippen LogP contribution in [0.5, 0.6) is 0 Å². The Bertz CT molecular complexity index is 412. The molecule has 0 saturated heterocycles. The molecular weight excluding hydrogens is 244 g/mol. The Kier molecular flexibility index (Phi) is 4.72. The monoisotopic (exact) mass is 258 g/mol. The van der Waals surface area contributed by atoms with Crippen molar-refractivity contribution in [3.8, 4) is 0 Å². The number of nitro groups is 1. The normalized spacial score (nSPS) is 14.1. The fourth-order valence-electron chi connectivity index (χ4n) is 1.32. The van der Waals surface area contributed by atoms with Crippen LogP contribution in [0.25, 0.3) is 0 Å². The maximum Gasteiger partial charge on any atom is 0.293 e. The second kappa shape index (κ2) is 5.84. The van der Waals surface area contributed by atoms with Crippen molar-refractivity contribution in [2.75, 3.05) is 11.9 Å². The summed E-state index contributed by atoms with van der Waals surface area (Å²) in [6, 6.07) is 4.40. The second-order valence-corrected chi connectivity index (χ2v) is 4.45. The van der Waals surface area contributed by atoms with Crippen molar-refractivity contribution >= 4 is 23.0 Å². The summed E-state index contributed by atoms with van der Waals surface area (Å²) >= 11 is 5.72. The van der Waals surface area contributed by atoms with E-state index in [-0.39, 0.29) is 24.3 Å². The fourth-order valence-corrected chi connectivity index (χ4v) is 1.49. The van der Waals surface area contributed by atoms with Crippen LogP contribution in [0.15, 0.2) is 18.2 Å². The minimum absolute atomic E-state index is 0.00489. The average Bonchev–Trinajstić information content (AvgIpc) is 2.29. The van der Waals surface area contributed by atoms with Gasteiger partial charge >= 0.3 is 0 Å². The topological polar surface area (TPSA) is 75.4 Å². The van der Waals surface area contributed by atoms with Gasteiger partial charge in [-0.1, -0.05) is 18.5 Å². The van der Waals surface area contributed by atoms with E-state index in [2.05, 4.69) is 5.32 Å². The Labute approximate surface area is 105 Å². The summed E-state index contributed by atoms with van der Waals surface area (Å²) in [5.41, 5.74) is 0.349. The predicted octanol–water partition coefficient (Wildman–Crippen LogP) is 2.68. The number of halogens is 1. The van der Waals surface area contributed by atoms with Gasteiger partial charge in [0, 0.05) is 23.7 Å². The van der Waals surface area contributed by atoms with E-state index in [9.17, 15) is 10.1 Å². The number of benzene rings is 1. The first-order valence-corrected chi connectivity index (χ1v) is 5.64. The zero-order valence-electron chi connectivity index (χ0n) is 9.68. The third-order valence-electron chi connectivity index (χ3n) is 2.68. The highest BCUT2D eigenvalue weighted by molar-refractivity contribution is 6.30. The predicted molar refractivity (Wildman–Crippen MR) is 67.4 cm³/mol. The quantitative estimate of drug-likeness (QED) is 0.629. The smallest absolute Gasteiger partial charge is 0.293 e. The molecule has 2 unspecified atom stereocenters. The minimum Gasteiger partial charge on any atom is -0.396 e. The molecule has 0 aliphatic heterocycles. The summed E-state index contributed by atoms with van der Waals surface area (Å²) in [7, 11) is 0. The average molecular weight is 259 g/mol. The highest BCUT2D eigenvalue weighted by Crippen LogP contribution is 2.28. The van der Waals surface area contributed by atoms with Crippen molar-refractivity contribution in [1.82, 2.24) is 0 Å². The molecule has 0 heterocycles. The van der Waals surface area contributed by atoms with Crippen molar-refractivity contribution in [3.63, 3.8) is 0 Å². The van der Waals surface area contributed by atoms with Crippen LogP contribution in [0.1, 0.15) is 13.8 Å². The van der Waals surface area contributed by atoms with Gasteiger partial charge < -0.3 is 10.4 Å². The molecule has 0 aromatic heterocycles. The Morgan fingerprint density at radius 3 is 2.71 bits per heavy atom. The number of anilines is 1. The van der Waals surface area contributed by atoms with E-state index >= 15 is 0 Å². The molecule has 0 fully saturated rings. The lowest BCUT2D eigenvalue weighted by Gasteiger charge is -2.20. The molecule has 5 nitrogen and oxygen atoms in total. The lowest BCUT2D eigenvalue weighted by atomic mass is 10.0. The Hall–Kier alpha value is -1.33. The number of nitrogens with zero attached hydrogens (tertiary/aromatic N) is 1. The third kappa shape index (κ3) is 3.57. The van der Waals surface area contributed by atoms with Crippen LogP contribution in [-0.4, -0.2) is 22.7 Å². The SMILES string of the molecule is CC(CO)C(C)Nc1ccc(Cl)cc1[N+](=O)[O-]. The highest BCUT2D eigenvalue weighted by atomic mass is 35.5. The minimum atomic E-state index is -0.482. The number of nitro benzene ring substituents is 1. The van der Waals surface area contributed by atoms with E-state index in [0.717, 1.165) is 0 Å². The first kappa shape index (κ1) is 13.7. The molecule has 1 aromatic rings. The molecule has 0 amide bonds. The van der Waals surface area contributed by atoms with Gasteiger partial charge in [-0.25, -0.2) is 0 Å². The molecule has 1 aromatic carbocycles. The second-order valence-electron chi connectivity index (χ2n) is 4.01. The third-order valence-corrected chi connectivity index (χ3v) is 2.92. The summed E-state index contributed by atoms with van der Waals surface area (Å²) in [5.74, 6) is 0.00489. The van der Waals surface area contributed by atoms with Crippen LogP contribution in [0.2, 0.25) is 5.02 Å². The maximum absolute atomic E-state index is 10.9. The van der Waals surface area contributed by atoms with Gasteiger partial charge in [-0.3, -0.25) is 10.1 Å². The fraction of sp³-hybridized carbons (Fsp3) is 0.455. The molecular formula is C11H15ClN2O3. The molecule has 0 radical (unpaired) electrons. The van der Waals surface area contributed by atoms with E-state index in [1.807, 2.05) is 13.8 Å². The van der Waals surface area contributed by atoms with Crippen molar-refractivity contribution in [2.24, 2.45) is 5.92 Å². The van der Waals surface area contributed by atoms with E-state index in [0.29, 0.717) is 10.7 Å². The van der Waals surface area contributed by atoms with Gasteiger partial charge in [0.25, 0.3) is 5.69 Å². The molecule has 0 aliphatic carbocycles. The van der Waals surface area contributed by atoms with Crippen LogP contribution in [0.4, 0.5) is 11.4 Å². The van der Waals surface area contributed by atoms with Crippen LogP contribution in [0, 0.1) is 16.0 Å². The Morgan fingerprint density at radius 1 is 1.53 bits per heavy atom. The van der Waals surface area contributed by atoms with Crippen LogP contribution < -0.4 is 5.32 Å². The summed E-state index contributed by atoms with van der Waals surface area (Å²) in [4.78, 5) is 10.4. The number of rotatable bonds is 5. The van der Waals surface area contributed by atoms with Gasteiger partial charge in [0.05, 0.1) is 4.92 Å². The van der Waals surface area contributed by atoms with E-state index in [4.69, 9.17) is 16.7 Å². The molecule has 2 N–H and O–H groups in total. The molecule has 0 aliphatic rings. The molecule has 2 atom stereocenters. The summed E-state index contributed by atoms with van der Waals surface area (Å²) in [6.07, 6.45) is 0. The van der Waals surface area contributed by atoms with Crippen molar-refractivity contribution in [3.05, 3.63) is 33.3 Å². The van der Waals surface area contributed by atoms with Gasteiger partial charge in [0.2, 0.25) is 0 Å². The van der Waals surface area contributed by atoms with E-state index < -0.39 is 4.92 Å². The molecule has 0 bridgehead atoms. The number of hydrogen-bond acceptors (Lipinski definition) is 4. The molecule has 17 heavy (non-hydrogen) atoms. The number of hydrogen-bond donors (Lipinski definition) is 2. The van der Waals surface area contributed by atoms with Gasteiger partial charge in [-0.2, -0.15) is 0 Å². The van der Waals surface area contributed by atoms with E-state index in [1.54, 1.807) is 12.1 Å². The van der Waals surface area contributed by atoms with Crippen LogP contribution >= 0.6 is 11.6 Å². The Morgan fingerprint density at radius 2 is 2.18 bits per heavy atom. The van der Waals surface area contributed by atoms with Crippen LogP contribution in [0.3, 0.4) is 0 Å².